The summed E-state index contributed by atoms with van der Waals surface area (Å²) < 4.78 is 34.1. The molecule has 0 bridgehead atoms. The molecule has 1 saturated carbocycles. The molecule has 0 spiro atoms. The van der Waals surface area contributed by atoms with Crippen LogP contribution >= 0.6 is 0 Å². The highest BCUT2D eigenvalue weighted by atomic mass is 32.2. The lowest BCUT2D eigenvalue weighted by atomic mass is 10.1. The largest absolute Gasteiger partial charge is 0.376 e. The second-order valence-electron chi connectivity index (χ2n) is 9.39. The first-order valence-electron chi connectivity index (χ1n) is 11.6. The summed E-state index contributed by atoms with van der Waals surface area (Å²) in [5.41, 5.74) is 1.53. The molecule has 2 heterocycles. The van der Waals surface area contributed by atoms with E-state index in [9.17, 15) is 13.2 Å². The molecule has 0 N–H and O–H groups in total. The van der Waals surface area contributed by atoms with Crippen LogP contribution in [0.15, 0.2) is 41.7 Å². The van der Waals surface area contributed by atoms with Crippen molar-refractivity contribution in [2.24, 2.45) is 5.92 Å². The van der Waals surface area contributed by atoms with Crippen molar-refractivity contribution in [1.29, 1.82) is 0 Å². The number of rotatable bonds is 10. The number of imidazole rings is 1. The summed E-state index contributed by atoms with van der Waals surface area (Å²) in [6.45, 7) is 5.69. The molecule has 1 aliphatic heterocycles. The van der Waals surface area contributed by atoms with Crippen molar-refractivity contribution in [3.05, 3.63) is 47.8 Å². The molecule has 0 radical (unpaired) electrons. The molecular weight excluding hydrogens is 426 g/mol. The number of benzene rings is 1. The molecule has 1 unspecified atom stereocenters. The highest BCUT2D eigenvalue weighted by Crippen LogP contribution is 2.39. The SMILES string of the molecule is CC(C)CC(=O)N(Cc1cnc(S(=O)(=O)Cc2ccccc2)n1C1CC1)CC1CCCO1. The zero-order chi connectivity index (χ0) is 22.7. The van der Waals surface area contributed by atoms with Crippen molar-refractivity contribution in [3.8, 4) is 0 Å². The van der Waals surface area contributed by atoms with Gasteiger partial charge >= 0.3 is 0 Å². The molecule has 1 saturated heterocycles. The van der Waals surface area contributed by atoms with Gasteiger partial charge < -0.3 is 14.2 Å². The Labute approximate surface area is 190 Å². The van der Waals surface area contributed by atoms with Crippen molar-refractivity contribution < 1.29 is 17.9 Å². The summed E-state index contributed by atoms with van der Waals surface area (Å²) in [6, 6.07) is 9.32. The lowest BCUT2D eigenvalue weighted by Gasteiger charge is -2.27. The molecule has 1 aromatic carbocycles. The Balaban J connectivity index is 1.59. The van der Waals surface area contributed by atoms with Gasteiger partial charge in [-0.25, -0.2) is 13.4 Å². The monoisotopic (exact) mass is 459 g/mol. The highest BCUT2D eigenvalue weighted by Gasteiger charge is 2.34. The second-order valence-corrected chi connectivity index (χ2v) is 11.3. The fourth-order valence-corrected chi connectivity index (χ4v) is 5.81. The van der Waals surface area contributed by atoms with Gasteiger partial charge in [0.1, 0.15) is 0 Å². The van der Waals surface area contributed by atoms with Gasteiger partial charge in [0.2, 0.25) is 20.9 Å². The molecule has 7 nitrogen and oxygen atoms in total. The molecule has 4 rings (SSSR count). The van der Waals surface area contributed by atoms with E-state index in [-0.39, 0.29) is 34.9 Å². The first-order chi connectivity index (χ1) is 15.3. The van der Waals surface area contributed by atoms with E-state index in [2.05, 4.69) is 4.98 Å². The van der Waals surface area contributed by atoms with E-state index in [1.165, 1.54) is 0 Å². The van der Waals surface area contributed by atoms with E-state index in [1.807, 2.05) is 53.6 Å². The topological polar surface area (TPSA) is 81.5 Å². The van der Waals surface area contributed by atoms with Crippen LogP contribution in [0.4, 0.5) is 0 Å². The summed E-state index contributed by atoms with van der Waals surface area (Å²) in [5.74, 6) is 0.250. The van der Waals surface area contributed by atoms with Gasteiger partial charge in [0.25, 0.3) is 0 Å². The number of hydrogen-bond acceptors (Lipinski definition) is 5. The predicted octanol–water partition coefficient (Wildman–Crippen LogP) is 3.75. The fraction of sp³-hybridized carbons (Fsp3) is 0.583. The molecule has 8 heteroatoms. The Kier molecular flexibility index (Phi) is 7.00. The average molecular weight is 460 g/mol. The first-order valence-corrected chi connectivity index (χ1v) is 13.2. The second kappa shape index (κ2) is 9.75. The van der Waals surface area contributed by atoms with Crippen molar-refractivity contribution in [3.63, 3.8) is 0 Å². The molecule has 174 valence electrons. The van der Waals surface area contributed by atoms with Crippen molar-refractivity contribution in [1.82, 2.24) is 14.5 Å². The molecule has 2 aromatic rings. The average Bonchev–Trinajstić information content (AvgIpc) is 3.27. The minimum Gasteiger partial charge on any atom is -0.376 e. The number of carbonyl (C=O) groups is 1. The van der Waals surface area contributed by atoms with Crippen molar-refractivity contribution in [2.75, 3.05) is 13.2 Å². The van der Waals surface area contributed by atoms with E-state index in [4.69, 9.17) is 4.74 Å². The molecule has 1 aromatic heterocycles. The number of sulfone groups is 1. The van der Waals surface area contributed by atoms with Crippen LogP contribution in [0.25, 0.3) is 0 Å². The van der Waals surface area contributed by atoms with Crippen LogP contribution in [-0.2, 0) is 31.7 Å². The van der Waals surface area contributed by atoms with Crippen LogP contribution in [-0.4, -0.2) is 48.0 Å². The maximum atomic E-state index is 13.2. The maximum absolute atomic E-state index is 13.2. The molecular formula is C24H33N3O4S. The minimum absolute atomic E-state index is 0.0460. The van der Waals surface area contributed by atoms with Crippen LogP contribution in [0.5, 0.6) is 0 Å². The Bertz CT molecular complexity index is 1020. The molecule has 32 heavy (non-hydrogen) atoms. The Hall–Kier alpha value is -2.19. The van der Waals surface area contributed by atoms with Crippen LogP contribution in [0.1, 0.15) is 63.3 Å². The van der Waals surface area contributed by atoms with Gasteiger partial charge in [-0.15, -0.1) is 0 Å². The third kappa shape index (κ3) is 5.59. The number of carbonyl (C=O) groups excluding carboxylic acids is 1. The molecule has 1 atom stereocenters. The summed E-state index contributed by atoms with van der Waals surface area (Å²) in [5, 5.41) is 0.118. The summed E-state index contributed by atoms with van der Waals surface area (Å²) in [6.07, 6.45) is 5.98. The lowest BCUT2D eigenvalue weighted by Crippen LogP contribution is -2.38. The number of nitrogens with zero attached hydrogens (tertiary/aromatic N) is 3. The summed E-state index contributed by atoms with van der Waals surface area (Å²) >= 11 is 0. The number of ether oxygens (including phenoxy) is 1. The van der Waals surface area contributed by atoms with Crippen LogP contribution in [0.2, 0.25) is 0 Å². The van der Waals surface area contributed by atoms with Crippen LogP contribution < -0.4 is 0 Å². The Morgan fingerprint density at radius 1 is 1.22 bits per heavy atom. The van der Waals surface area contributed by atoms with Gasteiger partial charge in [-0.05, 0) is 37.2 Å². The van der Waals surface area contributed by atoms with Gasteiger partial charge in [-0.3, -0.25) is 4.79 Å². The third-order valence-corrected chi connectivity index (χ3v) is 7.54. The minimum atomic E-state index is -3.60. The standard InChI is InChI=1S/C24H33N3O4S/c1-18(2)13-23(28)26(16-22-9-6-12-31-22)15-21-14-25-24(27(21)20-10-11-20)32(29,30)17-19-7-4-3-5-8-19/h3-5,7-8,14,18,20,22H,6,9-13,15-17H2,1-2H3. The zero-order valence-electron chi connectivity index (χ0n) is 18.9. The summed E-state index contributed by atoms with van der Waals surface area (Å²) in [4.78, 5) is 19.2. The number of amides is 1. The highest BCUT2D eigenvalue weighted by molar-refractivity contribution is 7.90. The van der Waals surface area contributed by atoms with Gasteiger partial charge in [-0.1, -0.05) is 44.2 Å². The van der Waals surface area contributed by atoms with Crippen molar-refractivity contribution >= 4 is 15.7 Å². The van der Waals surface area contributed by atoms with E-state index in [0.717, 1.165) is 43.5 Å². The van der Waals surface area contributed by atoms with Gasteiger partial charge in [0.05, 0.1) is 30.3 Å². The van der Waals surface area contributed by atoms with Gasteiger partial charge in [-0.2, -0.15) is 0 Å². The van der Waals surface area contributed by atoms with Gasteiger partial charge in [0.15, 0.2) is 0 Å². The molecule has 2 fully saturated rings. The molecule has 1 amide bonds. The summed E-state index contributed by atoms with van der Waals surface area (Å²) in [7, 11) is -3.60. The third-order valence-electron chi connectivity index (χ3n) is 5.97. The Morgan fingerprint density at radius 2 is 1.97 bits per heavy atom. The van der Waals surface area contributed by atoms with Crippen LogP contribution in [0.3, 0.4) is 0 Å². The number of aromatic nitrogens is 2. The van der Waals surface area contributed by atoms with E-state index in [0.29, 0.717) is 19.5 Å². The fourth-order valence-electron chi connectivity index (χ4n) is 4.27. The van der Waals surface area contributed by atoms with E-state index >= 15 is 0 Å². The molecule has 2 aliphatic rings. The maximum Gasteiger partial charge on any atom is 0.228 e. The normalized spacial score (nSPS) is 18.9. The zero-order valence-corrected chi connectivity index (χ0v) is 19.8. The Morgan fingerprint density at radius 3 is 2.59 bits per heavy atom. The van der Waals surface area contributed by atoms with Crippen molar-refractivity contribution in [2.45, 2.75) is 75.6 Å². The smallest absolute Gasteiger partial charge is 0.228 e. The van der Waals surface area contributed by atoms with E-state index < -0.39 is 9.84 Å². The lowest BCUT2D eigenvalue weighted by molar-refractivity contribution is -0.134. The quantitative estimate of drug-likeness (QED) is 0.541. The van der Waals surface area contributed by atoms with Crippen LogP contribution in [0, 0.1) is 5.92 Å². The van der Waals surface area contributed by atoms with Gasteiger partial charge in [0, 0.05) is 25.6 Å². The predicted molar refractivity (Wildman–Crippen MR) is 122 cm³/mol. The molecule has 1 aliphatic carbocycles. The van der Waals surface area contributed by atoms with E-state index in [1.54, 1.807) is 6.20 Å². The first kappa shape index (κ1) is 23.0. The number of hydrogen-bond donors (Lipinski definition) is 0.